The predicted molar refractivity (Wildman–Crippen MR) is 97.3 cm³/mol. The molecule has 1 saturated carbocycles. The Kier molecular flexibility index (Phi) is 8.35. The van der Waals surface area contributed by atoms with Gasteiger partial charge in [-0.25, -0.2) is 0 Å². The van der Waals surface area contributed by atoms with Crippen LogP contribution in [0, 0.1) is 11.8 Å². The van der Waals surface area contributed by atoms with E-state index < -0.39 is 0 Å². The van der Waals surface area contributed by atoms with Crippen LogP contribution in [0.5, 0.6) is 11.5 Å². The van der Waals surface area contributed by atoms with Gasteiger partial charge in [0, 0.05) is 0 Å². The first kappa shape index (κ1) is 18.2. The van der Waals surface area contributed by atoms with Crippen LogP contribution in [0.2, 0.25) is 0 Å². The molecule has 2 heteroatoms. The molecular weight excluding hydrogens is 284 g/mol. The second-order valence-electron chi connectivity index (χ2n) is 6.99. The molecule has 0 amide bonds. The maximum atomic E-state index is 5.86. The topological polar surface area (TPSA) is 18.5 Å². The lowest BCUT2D eigenvalue weighted by Crippen LogP contribution is -2.15. The number of ether oxygens (including phenoxy) is 2. The van der Waals surface area contributed by atoms with Crippen molar-refractivity contribution in [1.29, 1.82) is 0 Å². The third kappa shape index (κ3) is 6.85. The van der Waals surface area contributed by atoms with E-state index >= 15 is 0 Å². The average molecular weight is 319 g/mol. The van der Waals surface area contributed by atoms with Crippen LogP contribution < -0.4 is 9.47 Å². The highest BCUT2D eigenvalue weighted by Crippen LogP contribution is 2.33. The fourth-order valence-electron chi connectivity index (χ4n) is 3.63. The molecule has 0 saturated heterocycles. The van der Waals surface area contributed by atoms with E-state index in [9.17, 15) is 0 Å². The van der Waals surface area contributed by atoms with Crippen molar-refractivity contribution in [2.24, 2.45) is 11.8 Å². The van der Waals surface area contributed by atoms with E-state index in [1.54, 1.807) is 0 Å². The summed E-state index contributed by atoms with van der Waals surface area (Å²) in [5.74, 6) is 3.85. The van der Waals surface area contributed by atoms with Crippen molar-refractivity contribution in [3.05, 3.63) is 24.3 Å². The molecule has 2 nitrogen and oxygen atoms in total. The maximum Gasteiger partial charge on any atom is 0.119 e. The van der Waals surface area contributed by atoms with Crippen LogP contribution in [-0.2, 0) is 0 Å². The second kappa shape index (κ2) is 10.6. The van der Waals surface area contributed by atoms with Crippen LogP contribution in [0.25, 0.3) is 0 Å². The van der Waals surface area contributed by atoms with Gasteiger partial charge in [0.15, 0.2) is 0 Å². The summed E-state index contributed by atoms with van der Waals surface area (Å²) in [4.78, 5) is 0. The molecule has 1 aliphatic rings. The highest BCUT2D eigenvalue weighted by Gasteiger charge is 2.20. The molecular formula is C21H34O2. The highest BCUT2D eigenvalue weighted by atomic mass is 16.5. The normalized spacial score (nSPS) is 21.1. The Morgan fingerprint density at radius 1 is 0.739 bits per heavy atom. The van der Waals surface area contributed by atoms with Gasteiger partial charge in [-0.1, -0.05) is 52.4 Å². The van der Waals surface area contributed by atoms with E-state index in [4.69, 9.17) is 9.47 Å². The Morgan fingerprint density at radius 3 is 1.78 bits per heavy atom. The van der Waals surface area contributed by atoms with E-state index in [0.717, 1.165) is 43.0 Å². The standard InChI is InChI=1S/C21H34O2/c1-3-6-18-8-10-19(11-9-18)7-5-17-23-21-14-12-20(13-15-21)22-16-4-2/h12-15,18-19H,3-11,16-17H2,1-2H3. The molecule has 1 aromatic rings. The Labute approximate surface area is 142 Å². The van der Waals surface area contributed by atoms with Gasteiger partial charge in [-0.15, -0.1) is 0 Å². The Balaban J connectivity index is 1.57. The molecule has 0 aliphatic heterocycles. The van der Waals surface area contributed by atoms with E-state index in [1.165, 1.54) is 51.4 Å². The Bertz CT molecular complexity index is 404. The van der Waals surface area contributed by atoms with E-state index in [1.807, 2.05) is 24.3 Å². The lowest BCUT2D eigenvalue weighted by atomic mass is 9.78. The molecule has 1 fully saturated rings. The zero-order chi connectivity index (χ0) is 16.3. The van der Waals surface area contributed by atoms with Gasteiger partial charge >= 0.3 is 0 Å². The molecule has 130 valence electrons. The first-order valence-electron chi connectivity index (χ1n) is 9.67. The van der Waals surface area contributed by atoms with Gasteiger partial charge in [-0.3, -0.25) is 0 Å². The summed E-state index contributed by atoms with van der Waals surface area (Å²) in [7, 11) is 0. The van der Waals surface area contributed by atoms with Gasteiger partial charge < -0.3 is 9.47 Å². The van der Waals surface area contributed by atoms with Crippen LogP contribution in [0.4, 0.5) is 0 Å². The van der Waals surface area contributed by atoms with Gasteiger partial charge in [0.2, 0.25) is 0 Å². The molecule has 23 heavy (non-hydrogen) atoms. The molecule has 2 rings (SSSR count). The van der Waals surface area contributed by atoms with Crippen molar-refractivity contribution in [1.82, 2.24) is 0 Å². The minimum absolute atomic E-state index is 0.778. The number of hydrogen-bond donors (Lipinski definition) is 0. The molecule has 0 aromatic heterocycles. The first-order chi connectivity index (χ1) is 11.3. The van der Waals surface area contributed by atoms with Gasteiger partial charge in [-0.05, 0) is 55.4 Å². The van der Waals surface area contributed by atoms with Gasteiger partial charge in [0.25, 0.3) is 0 Å². The third-order valence-corrected chi connectivity index (χ3v) is 4.99. The summed E-state index contributed by atoms with van der Waals surface area (Å²) >= 11 is 0. The van der Waals surface area contributed by atoms with E-state index in [2.05, 4.69) is 13.8 Å². The lowest BCUT2D eigenvalue weighted by molar-refractivity contribution is 0.230. The van der Waals surface area contributed by atoms with Gasteiger partial charge in [0.1, 0.15) is 11.5 Å². The number of benzene rings is 1. The summed E-state index contributed by atoms with van der Waals surface area (Å²) < 4.78 is 11.4. The van der Waals surface area contributed by atoms with E-state index in [0.29, 0.717) is 0 Å². The van der Waals surface area contributed by atoms with Crippen molar-refractivity contribution < 1.29 is 9.47 Å². The van der Waals surface area contributed by atoms with Crippen LogP contribution in [-0.4, -0.2) is 13.2 Å². The molecule has 0 N–H and O–H groups in total. The fourth-order valence-corrected chi connectivity index (χ4v) is 3.63. The molecule has 0 bridgehead atoms. The minimum atomic E-state index is 0.778. The van der Waals surface area contributed by atoms with E-state index in [-0.39, 0.29) is 0 Å². The molecule has 0 spiro atoms. The number of hydrogen-bond acceptors (Lipinski definition) is 2. The SMILES string of the molecule is CCCOc1ccc(OCCCC2CCC(CCC)CC2)cc1. The van der Waals surface area contributed by atoms with Crippen LogP contribution in [0.15, 0.2) is 24.3 Å². The largest absolute Gasteiger partial charge is 0.494 e. The van der Waals surface area contributed by atoms with Crippen LogP contribution >= 0.6 is 0 Å². The summed E-state index contributed by atoms with van der Waals surface area (Å²) in [6.45, 7) is 6.05. The molecule has 0 radical (unpaired) electrons. The minimum Gasteiger partial charge on any atom is -0.494 e. The Morgan fingerprint density at radius 2 is 1.26 bits per heavy atom. The fraction of sp³-hybridized carbons (Fsp3) is 0.714. The van der Waals surface area contributed by atoms with Crippen molar-refractivity contribution in [2.75, 3.05) is 13.2 Å². The average Bonchev–Trinajstić information content (AvgIpc) is 2.59. The quantitative estimate of drug-likeness (QED) is 0.475. The van der Waals surface area contributed by atoms with Crippen molar-refractivity contribution in [3.63, 3.8) is 0 Å². The highest BCUT2D eigenvalue weighted by molar-refractivity contribution is 5.31. The van der Waals surface area contributed by atoms with Crippen molar-refractivity contribution in [3.8, 4) is 11.5 Å². The summed E-state index contributed by atoms with van der Waals surface area (Å²) in [6.07, 6.45) is 12.1. The third-order valence-electron chi connectivity index (χ3n) is 4.99. The predicted octanol–water partition coefficient (Wildman–Crippen LogP) is 6.24. The van der Waals surface area contributed by atoms with Crippen LogP contribution in [0.1, 0.15) is 71.6 Å². The van der Waals surface area contributed by atoms with Gasteiger partial charge in [0.05, 0.1) is 13.2 Å². The lowest BCUT2D eigenvalue weighted by Gasteiger charge is -2.28. The zero-order valence-electron chi connectivity index (χ0n) is 15.1. The number of rotatable bonds is 10. The first-order valence-corrected chi connectivity index (χ1v) is 9.67. The molecule has 1 aliphatic carbocycles. The van der Waals surface area contributed by atoms with Crippen molar-refractivity contribution >= 4 is 0 Å². The monoisotopic (exact) mass is 318 g/mol. The zero-order valence-corrected chi connectivity index (χ0v) is 15.1. The summed E-state index contributed by atoms with van der Waals surface area (Å²) in [5, 5.41) is 0. The summed E-state index contributed by atoms with van der Waals surface area (Å²) in [5.41, 5.74) is 0. The molecule has 0 atom stereocenters. The smallest absolute Gasteiger partial charge is 0.119 e. The second-order valence-corrected chi connectivity index (χ2v) is 6.99. The molecule has 0 heterocycles. The molecule has 1 aromatic carbocycles. The van der Waals surface area contributed by atoms with Crippen molar-refractivity contribution in [2.45, 2.75) is 71.6 Å². The maximum absolute atomic E-state index is 5.86. The molecule has 0 unspecified atom stereocenters. The van der Waals surface area contributed by atoms with Crippen LogP contribution in [0.3, 0.4) is 0 Å². The Hall–Kier alpha value is -1.18. The summed E-state index contributed by atoms with van der Waals surface area (Å²) in [6, 6.07) is 8.03. The van der Waals surface area contributed by atoms with Gasteiger partial charge in [-0.2, -0.15) is 0 Å².